The van der Waals surface area contributed by atoms with Crippen LogP contribution in [0.5, 0.6) is 0 Å². The number of benzene rings is 1. The molecule has 1 unspecified atom stereocenters. The smallest absolute Gasteiger partial charge is 0.253 e. The minimum atomic E-state index is -1.39. The van der Waals surface area contributed by atoms with E-state index in [9.17, 15) is 9.59 Å². The Morgan fingerprint density at radius 2 is 2.00 bits per heavy atom. The summed E-state index contributed by atoms with van der Waals surface area (Å²) in [4.78, 5) is 22.0. The second-order valence-electron chi connectivity index (χ2n) is 3.22. The van der Waals surface area contributed by atoms with Crippen LogP contribution in [0.4, 0.5) is 5.69 Å². The van der Waals surface area contributed by atoms with Gasteiger partial charge in [0.05, 0.1) is 12.1 Å². The third kappa shape index (κ3) is 2.96. The zero-order valence-corrected chi connectivity index (χ0v) is 8.51. The first-order valence-corrected chi connectivity index (χ1v) is 4.62. The fourth-order valence-electron chi connectivity index (χ4n) is 1.09. The number of carbonyl (C=O) groups is 2. The van der Waals surface area contributed by atoms with Crippen molar-refractivity contribution in [3.63, 3.8) is 0 Å². The van der Waals surface area contributed by atoms with Crippen molar-refractivity contribution in [1.82, 2.24) is 5.32 Å². The van der Waals surface area contributed by atoms with Gasteiger partial charge in [-0.05, 0) is 12.1 Å². The van der Waals surface area contributed by atoms with E-state index in [1.807, 2.05) is 0 Å². The normalized spacial score (nSPS) is 11.8. The predicted octanol–water partition coefficient (Wildman–Crippen LogP) is -1.16. The lowest BCUT2D eigenvalue weighted by Gasteiger charge is -2.09. The van der Waals surface area contributed by atoms with E-state index < -0.39 is 17.9 Å². The molecular formula is C10H13N3O3. The van der Waals surface area contributed by atoms with Crippen molar-refractivity contribution < 1.29 is 14.7 Å². The summed E-state index contributed by atoms with van der Waals surface area (Å²) in [5.74, 6) is -1.35. The fourth-order valence-corrected chi connectivity index (χ4v) is 1.09. The van der Waals surface area contributed by atoms with Gasteiger partial charge in [0, 0.05) is 5.69 Å². The summed E-state index contributed by atoms with van der Waals surface area (Å²) in [7, 11) is 0. The number of nitrogens with two attached hydrogens (primary N) is 2. The van der Waals surface area contributed by atoms with Gasteiger partial charge >= 0.3 is 0 Å². The second-order valence-corrected chi connectivity index (χ2v) is 3.22. The van der Waals surface area contributed by atoms with Crippen LogP contribution in [0.1, 0.15) is 10.4 Å². The summed E-state index contributed by atoms with van der Waals surface area (Å²) >= 11 is 0. The highest BCUT2D eigenvalue weighted by molar-refractivity contribution is 5.99. The molecule has 0 aliphatic rings. The third-order valence-corrected chi connectivity index (χ3v) is 1.99. The average Bonchev–Trinajstić information content (AvgIpc) is 2.25. The molecule has 6 heteroatoms. The Morgan fingerprint density at radius 3 is 2.56 bits per heavy atom. The first-order valence-electron chi connectivity index (χ1n) is 4.62. The minimum Gasteiger partial charge on any atom is -0.398 e. The molecule has 2 amide bonds. The molecule has 1 aromatic carbocycles. The van der Waals surface area contributed by atoms with E-state index in [0.29, 0.717) is 11.3 Å². The van der Waals surface area contributed by atoms with E-state index in [4.69, 9.17) is 16.6 Å². The van der Waals surface area contributed by atoms with Gasteiger partial charge in [-0.15, -0.1) is 0 Å². The number of primary amides is 1. The molecule has 0 fully saturated rings. The molecule has 0 aliphatic carbocycles. The van der Waals surface area contributed by atoms with Crippen molar-refractivity contribution in [3.8, 4) is 0 Å². The van der Waals surface area contributed by atoms with Gasteiger partial charge in [-0.3, -0.25) is 9.59 Å². The number of aliphatic hydroxyl groups is 1. The summed E-state index contributed by atoms with van der Waals surface area (Å²) in [6.07, 6.45) is -1.39. The van der Waals surface area contributed by atoms with Crippen LogP contribution in [0.25, 0.3) is 0 Å². The van der Waals surface area contributed by atoms with Crippen LogP contribution in [-0.2, 0) is 4.79 Å². The van der Waals surface area contributed by atoms with Gasteiger partial charge < -0.3 is 21.9 Å². The van der Waals surface area contributed by atoms with Crippen LogP contribution in [0.2, 0.25) is 0 Å². The fraction of sp³-hybridized carbons (Fsp3) is 0.200. The molecule has 0 spiro atoms. The topological polar surface area (TPSA) is 118 Å². The van der Waals surface area contributed by atoms with E-state index >= 15 is 0 Å². The summed E-state index contributed by atoms with van der Waals surface area (Å²) in [5.41, 5.74) is 11.0. The van der Waals surface area contributed by atoms with Gasteiger partial charge in [0.1, 0.15) is 6.10 Å². The molecule has 0 bridgehead atoms. The molecule has 1 aromatic rings. The quantitative estimate of drug-likeness (QED) is 0.481. The van der Waals surface area contributed by atoms with Crippen molar-refractivity contribution in [1.29, 1.82) is 0 Å². The molecule has 0 aromatic heterocycles. The Hall–Kier alpha value is -2.08. The van der Waals surface area contributed by atoms with Gasteiger partial charge in [0.25, 0.3) is 5.91 Å². The number of hydrogen-bond donors (Lipinski definition) is 4. The highest BCUT2D eigenvalue weighted by atomic mass is 16.3. The molecule has 0 radical (unpaired) electrons. The van der Waals surface area contributed by atoms with Crippen molar-refractivity contribution >= 4 is 17.5 Å². The largest absolute Gasteiger partial charge is 0.398 e. The maximum absolute atomic E-state index is 11.5. The maximum Gasteiger partial charge on any atom is 0.253 e. The van der Waals surface area contributed by atoms with Crippen LogP contribution in [-0.4, -0.2) is 29.6 Å². The maximum atomic E-state index is 11.5. The molecule has 0 saturated heterocycles. The lowest BCUT2D eigenvalue weighted by Crippen LogP contribution is -2.40. The number of anilines is 1. The van der Waals surface area contributed by atoms with Crippen molar-refractivity contribution in [3.05, 3.63) is 29.8 Å². The zero-order valence-electron chi connectivity index (χ0n) is 8.51. The van der Waals surface area contributed by atoms with Gasteiger partial charge in [0.2, 0.25) is 5.91 Å². The van der Waals surface area contributed by atoms with E-state index in [1.54, 1.807) is 24.3 Å². The summed E-state index contributed by atoms with van der Waals surface area (Å²) in [6, 6.07) is 6.49. The molecule has 1 atom stereocenters. The number of rotatable bonds is 4. The number of nitrogens with one attached hydrogen (secondary N) is 1. The van der Waals surface area contributed by atoms with E-state index in [1.165, 1.54) is 0 Å². The molecule has 16 heavy (non-hydrogen) atoms. The average molecular weight is 223 g/mol. The number of para-hydroxylation sites is 1. The van der Waals surface area contributed by atoms with Gasteiger partial charge in [-0.1, -0.05) is 12.1 Å². The van der Waals surface area contributed by atoms with Crippen molar-refractivity contribution in [2.75, 3.05) is 12.3 Å². The number of nitrogen functional groups attached to an aromatic ring is 1. The molecule has 6 N–H and O–H groups in total. The highest BCUT2D eigenvalue weighted by Gasteiger charge is 2.14. The molecular weight excluding hydrogens is 210 g/mol. The SMILES string of the molecule is NC(=O)C(O)CNC(=O)c1ccccc1N. The van der Waals surface area contributed by atoms with Crippen molar-refractivity contribution in [2.24, 2.45) is 5.73 Å². The first-order chi connectivity index (χ1) is 7.52. The monoisotopic (exact) mass is 223 g/mol. The standard InChI is InChI=1S/C10H13N3O3/c11-7-4-2-1-3-6(7)10(16)13-5-8(14)9(12)15/h1-4,8,14H,5,11H2,(H2,12,15)(H,13,16). The van der Waals surface area contributed by atoms with Crippen LogP contribution >= 0.6 is 0 Å². The Labute approximate surface area is 92.2 Å². The zero-order chi connectivity index (χ0) is 12.1. The van der Waals surface area contributed by atoms with Gasteiger partial charge in [0.15, 0.2) is 0 Å². The van der Waals surface area contributed by atoms with Crippen LogP contribution in [0.15, 0.2) is 24.3 Å². The molecule has 6 nitrogen and oxygen atoms in total. The molecule has 0 heterocycles. The summed E-state index contributed by atoms with van der Waals surface area (Å²) in [5, 5.41) is 11.4. The number of hydrogen-bond acceptors (Lipinski definition) is 4. The predicted molar refractivity (Wildman–Crippen MR) is 58.4 cm³/mol. The number of aliphatic hydroxyl groups excluding tert-OH is 1. The first kappa shape index (κ1) is 12.0. The Morgan fingerprint density at radius 1 is 1.38 bits per heavy atom. The lowest BCUT2D eigenvalue weighted by atomic mass is 10.1. The van der Waals surface area contributed by atoms with Crippen molar-refractivity contribution in [2.45, 2.75) is 6.10 Å². The third-order valence-electron chi connectivity index (χ3n) is 1.99. The Bertz CT molecular complexity index is 406. The molecule has 0 saturated carbocycles. The van der Waals surface area contributed by atoms with E-state index in [0.717, 1.165) is 0 Å². The highest BCUT2D eigenvalue weighted by Crippen LogP contribution is 2.09. The van der Waals surface area contributed by atoms with E-state index in [2.05, 4.69) is 5.32 Å². The lowest BCUT2D eigenvalue weighted by molar-refractivity contribution is -0.125. The van der Waals surface area contributed by atoms with Crippen LogP contribution < -0.4 is 16.8 Å². The Balaban J connectivity index is 2.60. The van der Waals surface area contributed by atoms with E-state index in [-0.39, 0.29) is 6.54 Å². The van der Waals surface area contributed by atoms with Crippen LogP contribution in [0, 0.1) is 0 Å². The summed E-state index contributed by atoms with van der Waals surface area (Å²) in [6.45, 7) is -0.234. The molecule has 86 valence electrons. The number of amides is 2. The minimum absolute atomic E-state index is 0.234. The Kier molecular flexibility index (Phi) is 3.84. The second kappa shape index (κ2) is 5.13. The van der Waals surface area contributed by atoms with Gasteiger partial charge in [-0.2, -0.15) is 0 Å². The molecule has 1 rings (SSSR count). The summed E-state index contributed by atoms with van der Waals surface area (Å²) < 4.78 is 0. The molecule has 0 aliphatic heterocycles. The number of carbonyl (C=O) groups excluding carboxylic acids is 2. The van der Waals surface area contributed by atoms with Crippen LogP contribution in [0.3, 0.4) is 0 Å². The van der Waals surface area contributed by atoms with Gasteiger partial charge in [-0.25, -0.2) is 0 Å².